The Morgan fingerprint density at radius 3 is 2.58 bits per heavy atom. The van der Waals surface area contributed by atoms with Crippen molar-refractivity contribution in [2.75, 3.05) is 16.8 Å². The smallest absolute Gasteiger partial charge is 0.311 e. The fraction of sp³-hybridized carbons (Fsp3) is 0.500. The first kappa shape index (κ1) is 14.0. The Bertz CT molecular complexity index is 591. The monoisotopic (exact) mass is 305 g/mol. The van der Waals surface area contributed by atoms with E-state index in [9.17, 15) is 18.5 Å². The molecule has 0 aliphatic carbocycles. The molecule has 1 aliphatic heterocycles. The van der Waals surface area contributed by atoms with E-state index in [2.05, 4.69) is 10.3 Å². The van der Waals surface area contributed by atoms with Gasteiger partial charge in [-0.25, -0.2) is 13.4 Å². The maximum atomic E-state index is 11.3. The van der Waals surface area contributed by atoms with Crippen LogP contribution in [0.3, 0.4) is 0 Å². The number of rotatable bonds is 3. The highest BCUT2D eigenvalue weighted by molar-refractivity contribution is 7.91. The van der Waals surface area contributed by atoms with Crippen LogP contribution >= 0.6 is 11.6 Å². The fourth-order valence-corrected chi connectivity index (χ4v) is 3.55. The Kier molecular flexibility index (Phi) is 3.91. The zero-order valence-electron chi connectivity index (χ0n) is 9.87. The number of pyridine rings is 1. The number of aromatic nitrogens is 1. The summed E-state index contributed by atoms with van der Waals surface area (Å²) >= 11 is 5.71. The van der Waals surface area contributed by atoms with E-state index in [4.69, 9.17) is 11.6 Å². The van der Waals surface area contributed by atoms with Crippen LogP contribution in [0.25, 0.3) is 0 Å². The standard InChI is InChI=1S/C10H12ClN3O4S/c11-9-2-1-8(14(15)16)10(13-9)12-7-3-5-19(17,18)6-4-7/h1-2,7H,3-6H2,(H,12,13). The lowest BCUT2D eigenvalue weighted by molar-refractivity contribution is -0.384. The van der Waals surface area contributed by atoms with Gasteiger partial charge in [0.15, 0.2) is 0 Å². The molecule has 1 aromatic heterocycles. The van der Waals surface area contributed by atoms with Gasteiger partial charge in [-0.15, -0.1) is 0 Å². The maximum Gasteiger partial charge on any atom is 0.311 e. The molecule has 1 N–H and O–H groups in total. The third kappa shape index (κ3) is 3.54. The van der Waals surface area contributed by atoms with Gasteiger partial charge in [0.1, 0.15) is 15.0 Å². The molecule has 7 nitrogen and oxygen atoms in total. The first-order valence-corrected chi connectivity index (χ1v) is 7.85. The largest absolute Gasteiger partial charge is 0.362 e. The molecule has 0 bridgehead atoms. The highest BCUT2D eigenvalue weighted by atomic mass is 35.5. The van der Waals surface area contributed by atoms with Crippen molar-refractivity contribution in [1.29, 1.82) is 0 Å². The molecular formula is C10H12ClN3O4S. The van der Waals surface area contributed by atoms with Crippen molar-refractivity contribution >= 4 is 32.9 Å². The Hall–Kier alpha value is -1.41. The van der Waals surface area contributed by atoms with Crippen molar-refractivity contribution in [1.82, 2.24) is 4.98 Å². The predicted molar refractivity (Wildman–Crippen MR) is 71.2 cm³/mol. The second-order valence-electron chi connectivity index (χ2n) is 4.33. The summed E-state index contributed by atoms with van der Waals surface area (Å²) in [6, 6.07) is 2.47. The number of nitrogens with zero attached hydrogens (tertiary/aromatic N) is 2. The third-order valence-electron chi connectivity index (χ3n) is 2.93. The summed E-state index contributed by atoms with van der Waals surface area (Å²) in [7, 11) is -2.96. The van der Waals surface area contributed by atoms with E-state index in [-0.39, 0.29) is 34.2 Å². The van der Waals surface area contributed by atoms with E-state index in [1.807, 2.05) is 0 Å². The SMILES string of the molecule is O=[N+]([O-])c1ccc(Cl)nc1NC1CCS(=O)(=O)CC1. The second-order valence-corrected chi connectivity index (χ2v) is 7.02. The molecule has 0 aromatic carbocycles. The number of anilines is 1. The molecule has 0 amide bonds. The lowest BCUT2D eigenvalue weighted by atomic mass is 10.1. The third-order valence-corrected chi connectivity index (χ3v) is 4.86. The van der Waals surface area contributed by atoms with Gasteiger partial charge in [-0.3, -0.25) is 10.1 Å². The molecule has 0 spiro atoms. The molecular weight excluding hydrogens is 294 g/mol. The normalized spacial score (nSPS) is 19.0. The molecule has 1 aliphatic rings. The molecule has 0 radical (unpaired) electrons. The van der Waals surface area contributed by atoms with Crippen LogP contribution in [-0.2, 0) is 9.84 Å². The van der Waals surface area contributed by atoms with Gasteiger partial charge in [0.05, 0.1) is 16.4 Å². The molecule has 19 heavy (non-hydrogen) atoms. The van der Waals surface area contributed by atoms with Crippen LogP contribution in [0.4, 0.5) is 11.5 Å². The lowest BCUT2D eigenvalue weighted by Crippen LogP contribution is -2.32. The van der Waals surface area contributed by atoms with E-state index in [0.717, 1.165) is 0 Å². The minimum Gasteiger partial charge on any atom is -0.362 e. The molecule has 0 atom stereocenters. The highest BCUT2D eigenvalue weighted by Gasteiger charge is 2.26. The van der Waals surface area contributed by atoms with Crippen molar-refractivity contribution in [2.45, 2.75) is 18.9 Å². The summed E-state index contributed by atoms with van der Waals surface area (Å²) in [6.07, 6.45) is 0.821. The molecule has 2 rings (SSSR count). The minimum atomic E-state index is -2.96. The minimum absolute atomic E-state index is 0.0824. The average molecular weight is 306 g/mol. The molecule has 104 valence electrons. The van der Waals surface area contributed by atoms with Crippen molar-refractivity contribution < 1.29 is 13.3 Å². The van der Waals surface area contributed by atoms with Crippen molar-refractivity contribution in [3.8, 4) is 0 Å². The Balaban J connectivity index is 2.15. The number of hydrogen-bond donors (Lipinski definition) is 1. The van der Waals surface area contributed by atoms with E-state index in [0.29, 0.717) is 12.8 Å². The second kappa shape index (κ2) is 5.30. The summed E-state index contributed by atoms with van der Waals surface area (Å²) in [5.41, 5.74) is -0.169. The topological polar surface area (TPSA) is 102 Å². The van der Waals surface area contributed by atoms with Crippen molar-refractivity contribution in [3.63, 3.8) is 0 Å². The molecule has 2 heterocycles. The van der Waals surface area contributed by atoms with Crippen LogP contribution in [0.5, 0.6) is 0 Å². The Labute approximate surface area is 115 Å². The van der Waals surface area contributed by atoms with Gasteiger partial charge >= 0.3 is 5.69 Å². The van der Waals surface area contributed by atoms with Crippen LogP contribution < -0.4 is 5.32 Å². The summed E-state index contributed by atoms with van der Waals surface area (Å²) in [5.74, 6) is 0.250. The van der Waals surface area contributed by atoms with Crippen LogP contribution in [-0.4, -0.2) is 35.9 Å². The van der Waals surface area contributed by atoms with Gasteiger partial charge < -0.3 is 5.32 Å². The number of halogens is 1. The van der Waals surface area contributed by atoms with E-state index in [1.54, 1.807) is 0 Å². The molecule has 9 heteroatoms. The molecule has 0 unspecified atom stereocenters. The predicted octanol–water partition coefficient (Wildman–Crippen LogP) is 1.63. The molecule has 0 saturated carbocycles. The number of hydrogen-bond acceptors (Lipinski definition) is 6. The number of nitro groups is 1. The quantitative estimate of drug-likeness (QED) is 0.517. The molecule has 1 saturated heterocycles. The molecule has 1 aromatic rings. The lowest BCUT2D eigenvalue weighted by Gasteiger charge is -2.23. The Morgan fingerprint density at radius 1 is 1.37 bits per heavy atom. The highest BCUT2D eigenvalue weighted by Crippen LogP contribution is 2.26. The van der Waals surface area contributed by atoms with Crippen molar-refractivity contribution in [2.24, 2.45) is 0 Å². The van der Waals surface area contributed by atoms with E-state index in [1.165, 1.54) is 12.1 Å². The van der Waals surface area contributed by atoms with Crippen molar-refractivity contribution in [3.05, 3.63) is 27.4 Å². The first-order valence-electron chi connectivity index (χ1n) is 5.65. The summed E-state index contributed by atoms with van der Waals surface area (Å²) < 4.78 is 22.6. The van der Waals surface area contributed by atoms with Crippen LogP contribution in [0.1, 0.15) is 12.8 Å². The molecule has 1 fully saturated rings. The number of sulfone groups is 1. The fourth-order valence-electron chi connectivity index (χ4n) is 1.91. The summed E-state index contributed by atoms with van der Waals surface area (Å²) in [4.78, 5) is 14.2. The van der Waals surface area contributed by atoms with Gasteiger partial charge in [-0.1, -0.05) is 11.6 Å². The van der Waals surface area contributed by atoms with Crippen LogP contribution in [0.2, 0.25) is 5.15 Å². The average Bonchev–Trinajstić information content (AvgIpc) is 2.31. The van der Waals surface area contributed by atoms with E-state index >= 15 is 0 Å². The summed E-state index contributed by atoms with van der Waals surface area (Å²) in [6.45, 7) is 0. The zero-order valence-corrected chi connectivity index (χ0v) is 11.4. The Morgan fingerprint density at radius 2 is 2.00 bits per heavy atom. The van der Waals surface area contributed by atoms with Gasteiger partial charge in [0.25, 0.3) is 0 Å². The van der Waals surface area contributed by atoms with Gasteiger partial charge in [-0.2, -0.15) is 0 Å². The van der Waals surface area contributed by atoms with E-state index < -0.39 is 14.8 Å². The maximum absolute atomic E-state index is 11.3. The van der Waals surface area contributed by atoms with Gasteiger partial charge in [0.2, 0.25) is 5.82 Å². The van der Waals surface area contributed by atoms with Gasteiger partial charge in [0, 0.05) is 12.1 Å². The summed E-state index contributed by atoms with van der Waals surface area (Å²) in [5, 5.41) is 13.9. The first-order chi connectivity index (χ1) is 8.87. The number of nitrogens with one attached hydrogen (secondary N) is 1. The van der Waals surface area contributed by atoms with Crippen LogP contribution in [0.15, 0.2) is 12.1 Å². The van der Waals surface area contributed by atoms with Gasteiger partial charge in [-0.05, 0) is 18.9 Å². The van der Waals surface area contributed by atoms with Crippen LogP contribution in [0, 0.1) is 10.1 Å². The zero-order chi connectivity index (χ0) is 14.0.